The molecular formula is C12H20N2O3. The summed E-state index contributed by atoms with van der Waals surface area (Å²) < 4.78 is 0. The molecule has 2 rings (SSSR count). The van der Waals surface area contributed by atoms with E-state index in [0.29, 0.717) is 12.5 Å². The number of nitrogens with zero attached hydrogens (tertiary/aromatic N) is 1. The number of aliphatic hydroxyl groups is 1. The SMILES string of the molecule is CC(C)CNCC(O)CN1C(=O)C2CC2C1=O. The highest BCUT2D eigenvalue weighted by Crippen LogP contribution is 2.46. The first-order valence-corrected chi connectivity index (χ1v) is 6.24. The van der Waals surface area contributed by atoms with E-state index in [4.69, 9.17) is 0 Å². The lowest BCUT2D eigenvalue weighted by atomic mass is 10.2. The number of β-amino-alcohol motifs (C(OH)–C–C–N with tert-alkyl or cyclic N) is 1. The van der Waals surface area contributed by atoms with Gasteiger partial charge in [-0.2, -0.15) is 0 Å². The molecule has 0 aromatic heterocycles. The molecule has 1 saturated heterocycles. The zero-order valence-corrected chi connectivity index (χ0v) is 10.3. The van der Waals surface area contributed by atoms with Gasteiger partial charge in [-0.15, -0.1) is 0 Å². The van der Waals surface area contributed by atoms with Gasteiger partial charge >= 0.3 is 0 Å². The Labute approximate surface area is 101 Å². The first-order valence-electron chi connectivity index (χ1n) is 6.24. The van der Waals surface area contributed by atoms with Gasteiger partial charge < -0.3 is 10.4 Å². The van der Waals surface area contributed by atoms with Crippen LogP contribution >= 0.6 is 0 Å². The molecule has 2 amide bonds. The van der Waals surface area contributed by atoms with Crippen molar-refractivity contribution >= 4 is 11.8 Å². The number of hydrogen-bond donors (Lipinski definition) is 2. The number of likely N-dealkylation sites (tertiary alicyclic amines) is 1. The van der Waals surface area contributed by atoms with Crippen molar-refractivity contribution in [3.63, 3.8) is 0 Å². The normalized spacial score (nSPS) is 28.8. The summed E-state index contributed by atoms with van der Waals surface area (Å²) in [5.41, 5.74) is 0. The van der Waals surface area contributed by atoms with E-state index in [0.717, 1.165) is 13.0 Å². The largest absolute Gasteiger partial charge is 0.390 e. The lowest BCUT2D eigenvalue weighted by molar-refractivity contribution is -0.142. The van der Waals surface area contributed by atoms with Crippen LogP contribution < -0.4 is 5.32 Å². The van der Waals surface area contributed by atoms with Crippen LogP contribution in [0.15, 0.2) is 0 Å². The van der Waals surface area contributed by atoms with Crippen LogP contribution in [-0.4, -0.2) is 47.6 Å². The molecule has 5 heteroatoms. The minimum atomic E-state index is -0.667. The van der Waals surface area contributed by atoms with Crippen molar-refractivity contribution in [1.29, 1.82) is 0 Å². The molecule has 2 N–H and O–H groups in total. The fraction of sp³-hybridized carbons (Fsp3) is 0.833. The third-order valence-electron chi connectivity index (χ3n) is 3.28. The van der Waals surface area contributed by atoms with E-state index in [2.05, 4.69) is 19.2 Å². The van der Waals surface area contributed by atoms with Gasteiger partial charge in [-0.25, -0.2) is 0 Å². The van der Waals surface area contributed by atoms with Gasteiger partial charge in [0.15, 0.2) is 0 Å². The summed E-state index contributed by atoms with van der Waals surface area (Å²) in [6.07, 6.45) is 0.0507. The molecule has 3 unspecified atom stereocenters. The highest BCUT2D eigenvalue weighted by atomic mass is 16.3. The molecule has 1 aliphatic heterocycles. The van der Waals surface area contributed by atoms with Gasteiger partial charge in [-0.1, -0.05) is 13.8 Å². The van der Waals surface area contributed by atoms with E-state index in [1.165, 1.54) is 4.90 Å². The smallest absolute Gasteiger partial charge is 0.233 e. The summed E-state index contributed by atoms with van der Waals surface area (Å²) in [4.78, 5) is 24.5. The predicted octanol–water partition coefficient (Wildman–Crippen LogP) is -0.402. The molecule has 17 heavy (non-hydrogen) atoms. The maximum Gasteiger partial charge on any atom is 0.233 e. The Bertz CT molecular complexity index is 310. The van der Waals surface area contributed by atoms with Crippen LogP contribution in [0.2, 0.25) is 0 Å². The number of amides is 2. The first kappa shape index (κ1) is 12.5. The molecule has 1 saturated carbocycles. The van der Waals surface area contributed by atoms with Gasteiger partial charge in [0.25, 0.3) is 0 Å². The topological polar surface area (TPSA) is 69.6 Å². The number of carbonyl (C=O) groups excluding carboxylic acids is 2. The Morgan fingerprint density at radius 1 is 1.29 bits per heavy atom. The molecule has 0 bridgehead atoms. The van der Waals surface area contributed by atoms with Crippen LogP contribution in [-0.2, 0) is 9.59 Å². The van der Waals surface area contributed by atoms with Crippen molar-refractivity contribution < 1.29 is 14.7 Å². The van der Waals surface area contributed by atoms with E-state index in [1.807, 2.05) is 0 Å². The number of aliphatic hydroxyl groups excluding tert-OH is 1. The molecule has 1 heterocycles. The van der Waals surface area contributed by atoms with E-state index in [1.54, 1.807) is 0 Å². The second-order valence-corrected chi connectivity index (χ2v) is 5.44. The van der Waals surface area contributed by atoms with E-state index < -0.39 is 6.10 Å². The number of imide groups is 1. The van der Waals surface area contributed by atoms with Crippen molar-refractivity contribution in [2.45, 2.75) is 26.4 Å². The maximum absolute atomic E-state index is 11.6. The molecule has 0 aromatic carbocycles. The van der Waals surface area contributed by atoms with Crippen LogP contribution in [0.25, 0.3) is 0 Å². The van der Waals surface area contributed by atoms with Gasteiger partial charge in [0, 0.05) is 6.54 Å². The van der Waals surface area contributed by atoms with Crippen molar-refractivity contribution in [2.75, 3.05) is 19.6 Å². The lowest BCUT2D eigenvalue weighted by Gasteiger charge is -2.20. The van der Waals surface area contributed by atoms with Crippen LogP contribution in [0.4, 0.5) is 0 Å². The summed E-state index contributed by atoms with van der Waals surface area (Å²) in [6, 6.07) is 0. The second-order valence-electron chi connectivity index (χ2n) is 5.44. The van der Waals surface area contributed by atoms with E-state index in [9.17, 15) is 14.7 Å². The van der Waals surface area contributed by atoms with Gasteiger partial charge in [-0.05, 0) is 18.9 Å². The van der Waals surface area contributed by atoms with Crippen LogP contribution in [0.5, 0.6) is 0 Å². The van der Waals surface area contributed by atoms with Crippen LogP contribution in [0, 0.1) is 17.8 Å². The summed E-state index contributed by atoms with van der Waals surface area (Å²) >= 11 is 0. The first-order chi connectivity index (χ1) is 8.00. The van der Waals surface area contributed by atoms with Gasteiger partial charge in [0.05, 0.1) is 24.5 Å². The summed E-state index contributed by atoms with van der Waals surface area (Å²) in [6.45, 7) is 5.55. The molecule has 96 valence electrons. The molecule has 0 spiro atoms. The summed E-state index contributed by atoms with van der Waals surface area (Å²) in [7, 11) is 0. The van der Waals surface area contributed by atoms with Gasteiger partial charge in [-0.3, -0.25) is 14.5 Å². The second kappa shape index (κ2) is 4.74. The zero-order chi connectivity index (χ0) is 12.6. The Kier molecular flexibility index (Phi) is 3.49. The molecular weight excluding hydrogens is 220 g/mol. The van der Waals surface area contributed by atoms with E-state index >= 15 is 0 Å². The highest BCUT2D eigenvalue weighted by molar-refractivity contribution is 6.08. The Morgan fingerprint density at radius 3 is 2.41 bits per heavy atom. The molecule has 1 aliphatic carbocycles. The Hall–Kier alpha value is -0.940. The lowest BCUT2D eigenvalue weighted by Crippen LogP contribution is -2.43. The van der Waals surface area contributed by atoms with Crippen molar-refractivity contribution in [3.8, 4) is 0 Å². The molecule has 3 atom stereocenters. The molecule has 0 radical (unpaired) electrons. The minimum Gasteiger partial charge on any atom is -0.390 e. The Morgan fingerprint density at radius 2 is 1.88 bits per heavy atom. The summed E-state index contributed by atoms with van der Waals surface area (Å²) in [5.74, 6) is 0.187. The monoisotopic (exact) mass is 240 g/mol. The van der Waals surface area contributed by atoms with E-state index in [-0.39, 0.29) is 30.2 Å². The third kappa shape index (κ3) is 2.66. The van der Waals surface area contributed by atoms with Crippen LogP contribution in [0.1, 0.15) is 20.3 Å². The zero-order valence-electron chi connectivity index (χ0n) is 10.3. The average molecular weight is 240 g/mol. The molecule has 2 fully saturated rings. The Balaban J connectivity index is 1.73. The number of fused-ring (bicyclic) bond motifs is 1. The fourth-order valence-electron chi connectivity index (χ4n) is 2.24. The van der Waals surface area contributed by atoms with Crippen LogP contribution in [0.3, 0.4) is 0 Å². The van der Waals surface area contributed by atoms with Crippen molar-refractivity contribution in [3.05, 3.63) is 0 Å². The average Bonchev–Trinajstić information content (AvgIpc) is 2.98. The van der Waals surface area contributed by atoms with Crippen molar-refractivity contribution in [2.24, 2.45) is 17.8 Å². The predicted molar refractivity (Wildman–Crippen MR) is 62.0 cm³/mol. The number of nitrogens with one attached hydrogen (secondary N) is 1. The highest BCUT2D eigenvalue weighted by Gasteiger charge is 2.58. The molecule has 2 aliphatic rings. The molecule has 5 nitrogen and oxygen atoms in total. The number of carbonyl (C=O) groups is 2. The minimum absolute atomic E-state index is 0.0710. The quantitative estimate of drug-likeness (QED) is 0.620. The summed E-state index contributed by atoms with van der Waals surface area (Å²) in [5, 5.41) is 12.9. The fourth-order valence-corrected chi connectivity index (χ4v) is 2.24. The standard InChI is InChI=1S/C12H20N2O3/c1-7(2)4-13-5-8(15)6-14-11(16)9-3-10(9)12(14)17/h7-10,13,15H,3-6H2,1-2H3. The van der Waals surface area contributed by atoms with Gasteiger partial charge in [0.1, 0.15) is 0 Å². The maximum atomic E-state index is 11.6. The number of hydrogen-bond acceptors (Lipinski definition) is 4. The van der Waals surface area contributed by atoms with Gasteiger partial charge in [0.2, 0.25) is 11.8 Å². The third-order valence-corrected chi connectivity index (χ3v) is 3.28. The molecule has 0 aromatic rings. The number of rotatable bonds is 6. The number of piperidine rings is 1. The van der Waals surface area contributed by atoms with Crippen molar-refractivity contribution in [1.82, 2.24) is 10.2 Å².